The molecule has 28 heavy (non-hydrogen) atoms. The van der Waals surface area contributed by atoms with Gasteiger partial charge in [0.25, 0.3) is 5.91 Å². The molecule has 0 aliphatic rings. The van der Waals surface area contributed by atoms with E-state index in [-0.39, 0.29) is 17.9 Å². The number of carbonyl (C=O) groups excluding carboxylic acids is 2. The summed E-state index contributed by atoms with van der Waals surface area (Å²) in [6.45, 7) is 3.56. The molecule has 0 spiro atoms. The fourth-order valence-electron chi connectivity index (χ4n) is 2.91. The van der Waals surface area contributed by atoms with Crippen LogP contribution in [0.25, 0.3) is 0 Å². The lowest BCUT2D eigenvalue weighted by atomic mass is 10.1. The van der Waals surface area contributed by atoms with Crippen LogP contribution in [0.2, 0.25) is 0 Å². The number of nitrogens with zero attached hydrogens (tertiary/aromatic N) is 1. The summed E-state index contributed by atoms with van der Waals surface area (Å²) in [4.78, 5) is 28.7. The Kier molecular flexibility index (Phi) is 6.55. The molecule has 0 bridgehead atoms. The molecule has 2 N–H and O–H groups in total. The lowest BCUT2D eigenvalue weighted by Gasteiger charge is -2.15. The van der Waals surface area contributed by atoms with Crippen molar-refractivity contribution in [2.75, 3.05) is 5.32 Å². The molecule has 1 aromatic heterocycles. The number of amides is 2. The first-order valence-electron chi connectivity index (χ1n) is 9.22. The number of hydrogen-bond donors (Lipinski definition) is 2. The van der Waals surface area contributed by atoms with Crippen molar-refractivity contribution in [1.82, 2.24) is 10.3 Å². The largest absolute Gasteiger partial charge is 0.347 e. The van der Waals surface area contributed by atoms with Crippen LogP contribution in [0.1, 0.15) is 46.5 Å². The molecule has 2 aromatic carbocycles. The van der Waals surface area contributed by atoms with Gasteiger partial charge in [0.1, 0.15) is 10.7 Å². The predicted octanol–water partition coefficient (Wildman–Crippen LogP) is 4.38. The summed E-state index contributed by atoms with van der Waals surface area (Å²) >= 11 is 1.38. The van der Waals surface area contributed by atoms with E-state index in [4.69, 9.17) is 0 Å². The van der Waals surface area contributed by atoms with Gasteiger partial charge in [0.05, 0.1) is 6.04 Å². The highest BCUT2D eigenvalue weighted by molar-refractivity contribution is 7.10. The first-order chi connectivity index (χ1) is 13.5. The van der Waals surface area contributed by atoms with Crippen molar-refractivity contribution in [3.8, 4) is 0 Å². The molecule has 6 heteroatoms. The third-order valence-corrected chi connectivity index (χ3v) is 5.26. The molecule has 144 valence electrons. The van der Waals surface area contributed by atoms with E-state index in [9.17, 15) is 9.59 Å². The third kappa shape index (κ3) is 5.27. The SMILES string of the molecule is CCc1cccc(NC(=O)c2csc([C@@H](Cc3ccccc3)NC(C)=O)n2)c1. The van der Waals surface area contributed by atoms with Crippen LogP contribution in [0.15, 0.2) is 60.0 Å². The number of thiazole rings is 1. The van der Waals surface area contributed by atoms with Crippen molar-refractivity contribution >= 4 is 28.8 Å². The summed E-state index contributed by atoms with van der Waals surface area (Å²) in [5.41, 5.74) is 3.36. The lowest BCUT2D eigenvalue weighted by Crippen LogP contribution is -2.27. The Morgan fingerprint density at radius 1 is 1.07 bits per heavy atom. The average Bonchev–Trinajstić information content (AvgIpc) is 3.18. The highest BCUT2D eigenvalue weighted by atomic mass is 32.1. The Labute approximate surface area is 168 Å². The van der Waals surface area contributed by atoms with Gasteiger partial charge in [0.15, 0.2) is 0 Å². The van der Waals surface area contributed by atoms with E-state index in [0.29, 0.717) is 17.1 Å². The van der Waals surface area contributed by atoms with Crippen LogP contribution in [0.5, 0.6) is 0 Å². The Morgan fingerprint density at radius 2 is 1.82 bits per heavy atom. The van der Waals surface area contributed by atoms with Gasteiger partial charge in [-0.1, -0.05) is 49.4 Å². The van der Waals surface area contributed by atoms with Gasteiger partial charge in [-0.3, -0.25) is 9.59 Å². The molecule has 3 rings (SSSR count). The number of benzene rings is 2. The van der Waals surface area contributed by atoms with E-state index in [1.807, 2.05) is 54.6 Å². The maximum atomic E-state index is 12.6. The summed E-state index contributed by atoms with van der Waals surface area (Å²) in [5.74, 6) is -0.379. The lowest BCUT2D eigenvalue weighted by molar-refractivity contribution is -0.119. The Hall–Kier alpha value is -2.99. The van der Waals surface area contributed by atoms with Gasteiger partial charge < -0.3 is 10.6 Å². The second kappa shape index (κ2) is 9.28. The molecular formula is C22H23N3O2S. The molecule has 1 heterocycles. The van der Waals surface area contributed by atoms with Crippen molar-refractivity contribution in [3.63, 3.8) is 0 Å². The Morgan fingerprint density at radius 3 is 2.54 bits per heavy atom. The van der Waals surface area contributed by atoms with E-state index in [1.165, 1.54) is 18.3 Å². The van der Waals surface area contributed by atoms with Crippen molar-refractivity contribution in [1.29, 1.82) is 0 Å². The molecule has 0 aliphatic heterocycles. The number of rotatable bonds is 7. The maximum Gasteiger partial charge on any atom is 0.275 e. The normalized spacial score (nSPS) is 11.6. The summed E-state index contributed by atoms with van der Waals surface area (Å²) in [5, 5.41) is 8.28. The summed E-state index contributed by atoms with van der Waals surface area (Å²) in [6.07, 6.45) is 1.52. The third-order valence-electron chi connectivity index (χ3n) is 4.31. The number of anilines is 1. The molecule has 0 unspecified atom stereocenters. The van der Waals surface area contributed by atoms with Crippen LogP contribution in [-0.4, -0.2) is 16.8 Å². The van der Waals surface area contributed by atoms with Crippen molar-refractivity contribution in [3.05, 3.63) is 81.8 Å². The second-order valence-electron chi connectivity index (χ2n) is 6.52. The van der Waals surface area contributed by atoms with Gasteiger partial charge in [0, 0.05) is 18.0 Å². The van der Waals surface area contributed by atoms with Gasteiger partial charge in [0.2, 0.25) is 5.91 Å². The standard InChI is InChI=1S/C22H23N3O2S/c1-3-16-10-7-11-18(12-16)24-21(27)20-14-28-22(25-20)19(23-15(2)26)13-17-8-5-4-6-9-17/h4-12,14,19H,3,13H2,1-2H3,(H,23,26)(H,24,27)/t19-/m1/s1. The predicted molar refractivity (Wildman–Crippen MR) is 113 cm³/mol. The summed E-state index contributed by atoms with van der Waals surface area (Å²) < 4.78 is 0. The zero-order valence-electron chi connectivity index (χ0n) is 15.9. The van der Waals surface area contributed by atoms with Crippen molar-refractivity contribution < 1.29 is 9.59 Å². The summed E-state index contributed by atoms with van der Waals surface area (Å²) in [6, 6.07) is 17.4. The zero-order valence-corrected chi connectivity index (χ0v) is 16.8. The molecule has 0 saturated carbocycles. The minimum Gasteiger partial charge on any atom is -0.347 e. The van der Waals surface area contributed by atoms with Crippen molar-refractivity contribution in [2.24, 2.45) is 0 Å². The fraction of sp³-hybridized carbons (Fsp3) is 0.227. The van der Waals surface area contributed by atoms with Gasteiger partial charge in [-0.05, 0) is 36.1 Å². The highest BCUT2D eigenvalue weighted by Crippen LogP contribution is 2.23. The Balaban J connectivity index is 1.75. The molecule has 0 aliphatic carbocycles. The van der Waals surface area contributed by atoms with E-state index in [0.717, 1.165) is 23.2 Å². The molecule has 0 radical (unpaired) electrons. The molecular weight excluding hydrogens is 370 g/mol. The maximum absolute atomic E-state index is 12.6. The van der Waals surface area contributed by atoms with Crippen LogP contribution in [0, 0.1) is 0 Å². The Bertz CT molecular complexity index is 953. The minimum atomic E-state index is -0.269. The van der Waals surface area contributed by atoms with Crippen LogP contribution < -0.4 is 10.6 Å². The number of carbonyl (C=O) groups is 2. The molecule has 2 amide bonds. The molecule has 0 saturated heterocycles. The highest BCUT2D eigenvalue weighted by Gasteiger charge is 2.20. The number of aryl methyl sites for hydroxylation is 1. The van der Waals surface area contributed by atoms with Gasteiger partial charge in [-0.2, -0.15) is 0 Å². The quantitative estimate of drug-likeness (QED) is 0.626. The molecule has 0 fully saturated rings. The number of hydrogen-bond acceptors (Lipinski definition) is 4. The van der Waals surface area contributed by atoms with E-state index in [2.05, 4.69) is 22.5 Å². The topological polar surface area (TPSA) is 71.1 Å². The first-order valence-corrected chi connectivity index (χ1v) is 10.1. The fourth-order valence-corrected chi connectivity index (χ4v) is 3.76. The monoisotopic (exact) mass is 393 g/mol. The van der Waals surface area contributed by atoms with Crippen molar-refractivity contribution in [2.45, 2.75) is 32.7 Å². The van der Waals surface area contributed by atoms with Crippen LogP contribution in [0.4, 0.5) is 5.69 Å². The van der Waals surface area contributed by atoms with E-state index >= 15 is 0 Å². The second-order valence-corrected chi connectivity index (χ2v) is 7.41. The van der Waals surface area contributed by atoms with Crippen LogP contribution >= 0.6 is 11.3 Å². The van der Waals surface area contributed by atoms with Gasteiger partial charge in [-0.15, -0.1) is 11.3 Å². The molecule has 5 nitrogen and oxygen atoms in total. The zero-order chi connectivity index (χ0) is 19.9. The van der Waals surface area contributed by atoms with Crippen LogP contribution in [0.3, 0.4) is 0 Å². The average molecular weight is 394 g/mol. The molecule has 3 aromatic rings. The smallest absolute Gasteiger partial charge is 0.275 e. The van der Waals surface area contributed by atoms with E-state index in [1.54, 1.807) is 5.38 Å². The number of aromatic nitrogens is 1. The minimum absolute atomic E-state index is 0.126. The van der Waals surface area contributed by atoms with E-state index < -0.39 is 0 Å². The van der Waals surface area contributed by atoms with Gasteiger partial charge >= 0.3 is 0 Å². The summed E-state index contributed by atoms with van der Waals surface area (Å²) in [7, 11) is 0. The molecule has 1 atom stereocenters. The van der Waals surface area contributed by atoms with Gasteiger partial charge in [-0.25, -0.2) is 4.98 Å². The first kappa shape index (κ1) is 19.8. The van der Waals surface area contributed by atoms with Crippen LogP contribution in [-0.2, 0) is 17.6 Å². The number of nitrogens with one attached hydrogen (secondary N) is 2.